The predicted molar refractivity (Wildman–Crippen MR) is 91.9 cm³/mol. The van der Waals surface area contributed by atoms with Crippen LogP contribution in [0.5, 0.6) is 11.5 Å². The summed E-state index contributed by atoms with van der Waals surface area (Å²) in [5.74, 6) is -2.36. The molecular weight excluding hydrogens is 346 g/mol. The molecule has 0 heterocycles. The van der Waals surface area contributed by atoms with E-state index in [0.717, 1.165) is 12.1 Å². The number of benzene rings is 2. The third kappa shape index (κ3) is 4.08. The Labute approximate surface area is 149 Å². The molecule has 0 radical (unpaired) electrons. The van der Waals surface area contributed by atoms with E-state index in [0.29, 0.717) is 11.8 Å². The van der Waals surface area contributed by atoms with Crippen LogP contribution in [0.15, 0.2) is 30.3 Å². The van der Waals surface area contributed by atoms with Crippen molar-refractivity contribution < 1.29 is 27.8 Å². The Balaban J connectivity index is 2.49. The lowest BCUT2D eigenvalue weighted by atomic mass is 10.1. The van der Waals surface area contributed by atoms with Crippen molar-refractivity contribution in [3.8, 4) is 11.5 Å². The van der Waals surface area contributed by atoms with Crippen LogP contribution in [0.2, 0.25) is 0 Å². The molecule has 138 valence electrons. The highest BCUT2D eigenvalue weighted by atomic mass is 19.1. The minimum absolute atomic E-state index is 0.121. The SMILES string of the molecule is COc1cc(NC(=O)c2cc(F)cc(F)c2)c(C(=O)N(C)C)cc1OC. The molecule has 0 aromatic heterocycles. The van der Waals surface area contributed by atoms with E-state index in [1.165, 1.54) is 31.3 Å². The number of halogens is 2. The second kappa shape index (κ2) is 7.81. The summed E-state index contributed by atoms with van der Waals surface area (Å²) in [7, 11) is 5.91. The lowest BCUT2D eigenvalue weighted by Crippen LogP contribution is -2.24. The van der Waals surface area contributed by atoms with Crippen LogP contribution in [0.1, 0.15) is 20.7 Å². The van der Waals surface area contributed by atoms with Crippen molar-refractivity contribution in [2.24, 2.45) is 0 Å². The molecule has 0 aliphatic rings. The molecule has 0 unspecified atom stereocenters. The standard InChI is InChI=1S/C18H18F2N2O4/c1-22(2)18(24)13-8-15(25-3)16(26-4)9-14(13)21-17(23)10-5-11(19)7-12(20)6-10/h5-9H,1-4H3,(H,21,23). The van der Waals surface area contributed by atoms with Crippen LogP contribution in [-0.4, -0.2) is 45.0 Å². The molecule has 0 fully saturated rings. The highest BCUT2D eigenvalue weighted by Gasteiger charge is 2.20. The zero-order valence-electron chi connectivity index (χ0n) is 14.7. The molecule has 2 aromatic carbocycles. The average Bonchev–Trinajstić information content (AvgIpc) is 2.59. The van der Waals surface area contributed by atoms with E-state index in [4.69, 9.17) is 9.47 Å². The number of ether oxygens (including phenoxy) is 2. The van der Waals surface area contributed by atoms with Gasteiger partial charge in [-0.2, -0.15) is 0 Å². The fourth-order valence-corrected chi connectivity index (χ4v) is 2.28. The van der Waals surface area contributed by atoms with Gasteiger partial charge in [-0.1, -0.05) is 0 Å². The van der Waals surface area contributed by atoms with E-state index >= 15 is 0 Å². The molecule has 0 bridgehead atoms. The Morgan fingerprint density at radius 1 is 0.923 bits per heavy atom. The molecular formula is C18H18F2N2O4. The van der Waals surface area contributed by atoms with Crippen LogP contribution in [0, 0.1) is 11.6 Å². The Morgan fingerprint density at radius 2 is 1.46 bits per heavy atom. The Kier molecular flexibility index (Phi) is 5.76. The lowest BCUT2D eigenvalue weighted by Gasteiger charge is -2.18. The monoisotopic (exact) mass is 364 g/mol. The Morgan fingerprint density at radius 3 is 1.96 bits per heavy atom. The van der Waals surface area contributed by atoms with Gasteiger partial charge in [-0.25, -0.2) is 8.78 Å². The fourth-order valence-electron chi connectivity index (χ4n) is 2.28. The number of hydrogen-bond donors (Lipinski definition) is 1. The topological polar surface area (TPSA) is 67.9 Å². The van der Waals surface area contributed by atoms with Crippen LogP contribution in [0.3, 0.4) is 0 Å². The van der Waals surface area contributed by atoms with E-state index in [1.807, 2.05) is 0 Å². The summed E-state index contributed by atoms with van der Waals surface area (Å²) in [6, 6.07) is 5.28. The quantitative estimate of drug-likeness (QED) is 0.886. The third-order valence-corrected chi connectivity index (χ3v) is 3.53. The van der Waals surface area contributed by atoms with Crippen molar-refractivity contribution in [1.29, 1.82) is 0 Å². The molecule has 2 amide bonds. The number of nitrogens with zero attached hydrogens (tertiary/aromatic N) is 1. The summed E-state index contributed by atoms with van der Waals surface area (Å²) < 4.78 is 37.0. The maximum Gasteiger partial charge on any atom is 0.255 e. The molecule has 0 atom stereocenters. The lowest BCUT2D eigenvalue weighted by molar-refractivity contribution is 0.0828. The molecule has 2 aromatic rings. The first-order chi connectivity index (χ1) is 12.3. The van der Waals surface area contributed by atoms with Crippen molar-refractivity contribution in [3.63, 3.8) is 0 Å². The average molecular weight is 364 g/mol. The molecule has 0 aliphatic carbocycles. The predicted octanol–water partition coefficient (Wildman–Crippen LogP) is 2.94. The number of hydrogen-bond acceptors (Lipinski definition) is 4. The van der Waals surface area contributed by atoms with Crippen molar-refractivity contribution in [2.75, 3.05) is 33.6 Å². The Bertz CT molecular complexity index is 833. The van der Waals surface area contributed by atoms with Gasteiger partial charge in [0.15, 0.2) is 11.5 Å². The summed E-state index contributed by atoms with van der Waals surface area (Å²) in [6.45, 7) is 0. The highest BCUT2D eigenvalue weighted by molar-refractivity contribution is 6.09. The molecule has 0 saturated carbocycles. The number of carbonyl (C=O) groups excluding carboxylic acids is 2. The number of nitrogens with one attached hydrogen (secondary N) is 1. The normalized spacial score (nSPS) is 10.2. The summed E-state index contributed by atoms with van der Waals surface area (Å²) in [6.07, 6.45) is 0. The van der Waals surface area contributed by atoms with Gasteiger partial charge >= 0.3 is 0 Å². The van der Waals surface area contributed by atoms with E-state index in [2.05, 4.69) is 5.32 Å². The number of amides is 2. The first-order valence-electron chi connectivity index (χ1n) is 7.52. The minimum Gasteiger partial charge on any atom is -0.493 e. The van der Waals surface area contributed by atoms with Crippen LogP contribution in [-0.2, 0) is 0 Å². The second-order valence-electron chi connectivity index (χ2n) is 5.56. The van der Waals surface area contributed by atoms with Gasteiger partial charge in [0, 0.05) is 31.8 Å². The third-order valence-electron chi connectivity index (χ3n) is 3.53. The maximum absolute atomic E-state index is 13.3. The molecule has 0 saturated heterocycles. The van der Waals surface area contributed by atoms with Gasteiger partial charge in [0.2, 0.25) is 0 Å². The minimum atomic E-state index is -0.882. The van der Waals surface area contributed by atoms with Crippen molar-refractivity contribution in [3.05, 3.63) is 53.1 Å². The van der Waals surface area contributed by atoms with Crippen molar-refractivity contribution in [1.82, 2.24) is 4.90 Å². The van der Waals surface area contributed by atoms with E-state index < -0.39 is 23.4 Å². The fraction of sp³-hybridized carbons (Fsp3) is 0.222. The number of anilines is 1. The zero-order chi connectivity index (χ0) is 19.4. The van der Waals surface area contributed by atoms with E-state index in [9.17, 15) is 18.4 Å². The molecule has 26 heavy (non-hydrogen) atoms. The van der Waals surface area contributed by atoms with Gasteiger partial charge in [0.05, 0.1) is 25.5 Å². The largest absolute Gasteiger partial charge is 0.493 e. The first-order valence-corrected chi connectivity index (χ1v) is 7.52. The second-order valence-corrected chi connectivity index (χ2v) is 5.56. The summed E-state index contributed by atoms with van der Waals surface area (Å²) >= 11 is 0. The summed E-state index contributed by atoms with van der Waals surface area (Å²) in [5.41, 5.74) is 0.0365. The van der Waals surface area contributed by atoms with Gasteiger partial charge in [0.1, 0.15) is 11.6 Å². The van der Waals surface area contributed by atoms with Gasteiger partial charge in [-0.05, 0) is 18.2 Å². The van der Waals surface area contributed by atoms with Crippen molar-refractivity contribution >= 4 is 17.5 Å². The smallest absolute Gasteiger partial charge is 0.255 e. The van der Waals surface area contributed by atoms with Gasteiger partial charge < -0.3 is 19.7 Å². The van der Waals surface area contributed by atoms with Gasteiger partial charge in [-0.3, -0.25) is 9.59 Å². The van der Waals surface area contributed by atoms with Crippen LogP contribution < -0.4 is 14.8 Å². The number of methoxy groups -OCH3 is 2. The van der Waals surface area contributed by atoms with Crippen LogP contribution >= 0.6 is 0 Å². The van der Waals surface area contributed by atoms with Crippen molar-refractivity contribution in [2.45, 2.75) is 0 Å². The maximum atomic E-state index is 13.3. The molecule has 1 N–H and O–H groups in total. The van der Waals surface area contributed by atoms with Crippen LogP contribution in [0.4, 0.5) is 14.5 Å². The van der Waals surface area contributed by atoms with E-state index in [-0.39, 0.29) is 22.6 Å². The molecule has 2 rings (SSSR count). The molecule has 8 heteroatoms. The van der Waals surface area contributed by atoms with Gasteiger partial charge in [-0.15, -0.1) is 0 Å². The molecule has 0 aliphatic heterocycles. The summed E-state index contributed by atoms with van der Waals surface area (Å²) in [4.78, 5) is 26.1. The molecule has 6 nitrogen and oxygen atoms in total. The zero-order valence-corrected chi connectivity index (χ0v) is 14.7. The summed E-state index contributed by atoms with van der Waals surface area (Å²) in [5, 5.41) is 2.49. The number of carbonyl (C=O) groups is 2. The van der Waals surface area contributed by atoms with Crippen LogP contribution in [0.25, 0.3) is 0 Å². The Hall–Kier alpha value is -3.16. The first kappa shape index (κ1) is 19.2. The molecule has 0 spiro atoms. The van der Waals surface area contributed by atoms with E-state index in [1.54, 1.807) is 14.1 Å². The highest BCUT2D eigenvalue weighted by Crippen LogP contribution is 2.34. The number of rotatable bonds is 5. The van der Waals surface area contributed by atoms with Gasteiger partial charge in [0.25, 0.3) is 11.8 Å².